The van der Waals surface area contributed by atoms with Crippen LogP contribution in [0.15, 0.2) is 53.4 Å². The fourth-order valence-corrected chi connectivity index (χ4v) is 4.77. The number of hydrogen-bond donors (Lipinski definition) is 0. The van der Waals surface area contributed by atoms with Gasteiger partial charge < -0.3 is 0 Å². The van der Waals surface area contributed by atoms with Crippen molar-refractivity contribution in [1.82, 2.24) is 9.21 Å². The van der Waals surface area contributed by atoms with Gasteiger partial charge in [0.1, 0.15) is 6.04 Å². The molecule has 26 heavy (non-hydrogen) atoms. The third-order valence-corrected chi connectivity index (χ3v) is 6.88. The number of hydrogen-bond acceptors (Lipinski definition) is 4. The van der Waals surface area contributed by atoms with E-state index in [1.807, 2.05) is 30.0 Å². The van der Waals surface area contributed by atoms with Crippen molar-refractivity contribution in [2.75, 3.05) is 26.2 Å². The SMILES string of the molecule is Cc1ccc(S(=O)(=O)N2CCN(C(C#N)c3ccccc3Cl)CC2)cc1. The van der Waals surface area contributed by atoms with Gasteiger partial charge in [-0.05, 0) is 25.1 Å². The first-order chi connectivity index (χ1) is 12.4. The summed E-state index contributed by atoms with van der Waals surface area (Å²) in [7, 11) is -3.51. The largest absolute Gasteiger partial charge is 0.282 e. The van der Waals surface area contributed by atoms with Crippen molar-refractivity contribution in [3.8, 4) is 6.07 Å². The summed E-state index contributed by atoms with van der Waals surface area (Å²) in [6.45, 7) is 3.58. The molecule has 3 rings (SSSR count). The van der Waals surface area contributed by atoms with Crippen LogP contribution >= 0.6 is 11.6 Å². The van der Waals surface area contributed by atoms with Gasteiger partial charge in [-0.2, -0.15) is 9.57 Å². The topological polar surface area (TPSA) is 64.4 Å². The Kier molecular flexibility index (Phi) is 5.64. The van der Waals surface area contributed by atoms with Crippen molar-refractivity contribution in [1.29, 1.82) is 5.26 Å². The minimum absolute atomic E-state index is 0.305. The van der Waals surface area contributed by atoms with E-state index in [4.69, 9.17) is 11.6 Å². The van der Waals surface area contributed by atoms with Gasteiger partial charge in [-0.25, -0.2) is 8.42 Å². The summed E-state index contributed by atoms with van der Waals surface area (Å²) in [6.07, 6.45) is 0. The van der Waals surface area contributed by atoms with Crippen LogP contribution in [-0.2, 0) is 10.0 Å². The van der Waals surface area contributed by atoms with Crippen molar-refractivity contribution in [2.45, 2.75) is 17.9 Å². The first-order valence-electron chi connectivity index (χ1n) is 8.38. The second kappa shape index (κ2) is 7.77. The summed E-state index contributed by atoms with van der Waals surface area (Å²) in [5.41, 5.74) is 1.77. The van der Waals surface area contributed by atoms with Crippen LogP contribution in [0.2, 0.25) is 5.02 Å². The fourth-order valence-electron chi connectivity index (χ4n) is 3.11. The van der Waals surface area contributed by atoms with E-state index < -0.39 is 16.1 Å². The highest BCUT2D eigenvalue weighted by Crippen LogP contribution is 2.28. The van der Waals surface area contributed by atoms with Crippen LogP contribution in [0.1, 0.15) is 17.2 Å². The molecule has 1 aliphatic rings. The predicted octanol–water partition coefficient (Wildman–Crippen LogP) is 3.22. The quantitative estimate of drug-likeness (QED) is 0.805. The molecule has 1 unspecified atom stereocenters. The Bertz CT molecular complexity index is 915. The average molecular weight is 390 g/mol. The summed E-state index contributed by atoms with van der Waals surface area (Å²) in [5.74, 6) is 0. The van der Waals surface area contributed by atoms with Crippen molar-refractivity contribution >= 4 is 21.6 Å². The van der Waals surface area contributed by atoms with Gasteiger partial charge >= 0.3 is 0 Å². The lowest BCUT2D eigenvalue weighted by molar-refractivity contribution is 0.162. The van der Waals surface area contributed by atoms with E-state index >= 15 is 0 Å². The van der Waals surface area contributed by atoms with Gasteiger partial charge in [-0.3, -0.25) is 4.90 Å². The highest BCUT2D eigenvalue weighted by atomic mass is 35.5. The van der Waals surface area contributed by atoms with E-state index in [0.717, 1.165) is 11.1 Å². The predicted molar refractivity (Wildman–Crippen MR) is 101 cm³/mol. The molecular formula is C19H20ClN3O2S. The Hall–Kier alpha value is -1.91. The third-order valence-electron chi connectivity index (χ3n) is 4.62. The zero-order chi connectivity index (χ0) is 18.7. The molecule has 136 valence electrons. The summed E-state index contributed by atoms with van der Waals surface area (Å²) in [4.78, 5) is 2.28. The Labute approximate surface area is 159 Å². The molecule has 1 saturated heterocycles. The van der Waals surface area contributed by atoms with Crippen LogP contribution in [0.5, 0.6) is 0 Å². The van der Waals surface area contributed by atoms with Crippen LogP contribution in [0.25, 0.3) is 0 Å². The lowest BCUT2D eigenvalue weighted by Gasteiger charge is -2.36. The normalized spacial score (nSPS) is 17.6. The van der Waals surface area contributed by atoms with Gasteiger partial charge in [0.15, 0.2) is 0 Å². The van der Waals surface area contributed by atoms with E-state index in [9.17, 15) is 13.7 Å². The summed E-state index contributed by atoms with van der Waals surface area (Å²) < 4.78 is 27.1. The molecule has 2 aromatic rings. The maximum atomic E-state index is 12.8. The highest BCUT2D eigenvalue weighted by molar-refractivity contribution is 7.89. The van der Waals surface area contributed by atoms with Crippen LogP contribution in [0.4, 0.5) is 0 Å². The zero-order valence-electron chi connectivity index (χ0n) is 14.5. The molecule has 0 aromatic heterocycles. The van der Waals surface area contributed by atoms with Crippen molar-refractivity contribution < 1.29 is 8.42 Å². The van der Waals surface area contributed by atoms with E-state index in [0.29, 0.717) is 36.1 Å². The van der Waals surface area contributed by atoms with Gasteiger partial charge in [0.05, 0.1) is 11.0 Å². The summed E-state index contributed by atoms with van der Waals surface area (Å²) in [5, 5.41) is 10.2. The monoisotopic (exact) mass is 389 g/mol. The molecular weight excluding hydrogens is 370 g/mol. The van der Waals surface area contributed by atoms with E-state index in [-0.39, 0.29) is 0 Å². The maximum absolute atomic E-state index is 12.8. The first-order valence-corrected chi connectivity index (χ1v) is 10.2. The molecule has 0 aliphatic carbocycles. The summed E-state index contributed by atoms with van der Waals surface area (Å²) in [6, 6.07) is 16.0. The van der Waals surface area contributed by atoms with Crippen LogP contribution in [-0.4, -0.2) is 43.8 Å². The second-order valence-corrected chi connectivity index (χ2v) is 8.65. The minimum atomic E-state index is -3.51. The molecule has 0 amide bonds. The second-order valence-electron chi connectivity index (χ2n) is 6.31. The molecule has 1 atom stereocenters. The van der Waals surface area contributed by atoms with E-state index in [1.54, 1.807) is 30.3 Å². The van der Waals surface area contributed by atoms with Crippen LogP contribution < -0.4 is 0 Å². The lowest BCUT2D eigenvalue weighted by atomic mass is 10.1. The number of halogens is 1. The van der Waals surface area contributed by atoms with Crippen LogP contribution in [0, 0.1) is 18.3 Å². The minimum Gasteiger partial charge on any atom is -0.282 e. The Morgan fingerprint density at radius 3 is 2.23 bits per heavy atom. The van der Waals surface area contributed by atoms with Gasteiger partial charge in [-0.15, -0.1) is 0 Å². The molecule has 0 saturated carbocycles. The summed E-state index contributed by atoms with van der Waals surface area (Å²) >= 11 is 6.23. The number of sulfonamides is 1. The van der Waals surface area contributed by atoms with E-state index in [1.165, 1.54) is 4.31 Å². The smallest absolute Gasteiger partial charge is 0.243 e. The number of benzene rings is 2. The molecule has 0 bridgehead atoms. The number of nitriles is 1. The Morgan fingerprint density at radius 2 is 1.65 bits per heavy atom. The average Bonchev–Trinajstić information content (AvgIpc) is 2.65. The zero-order valence-corrected chi connectivity index (χ0v) is 16.0. The molecule has 5 nitrogen and oxygen atoms in total. The number of nitrogens with zero attached hydrogens (tertiary/aromatic N) is 3. The van der Waals surface area contributed by atoms with E-state index in [2.05, 4.69) is 6.07 Å². The first kappa shape index (κ1) is 18.9. The van der Waals surface area contributed by atoms with Gasteiger partial charge in [0.25, 0.3) is 0 Å². The van der Waals surface area contributed by atoms with Crippen molar-refractivity contribution in [3.05, 3.63) is 64.7 Å². The number of piperazine rings is 1. The molecule has 1 fully saturated rings. The van der Waals surface area contributed by atoms with Crippen LogP contribution in [0.3, 0.4) is 0 Å². The standard InChI is InChI=1S/C19H20ClN3O2S/c1-15-6-8-16(9-7-15)26(24,25)23-12-10-22(11-13-23)19(14-21)17-4-2-3-5-18(17)20/h2-9,19H,10-13H2,1H3. The third kappa shape index (κ3) is 3.76. The van der Waals surface area contributed by atoms with Gasteiger partial charge in [0, 0.05) is 36.8 Å². The molecule has 1 heterocycles. The molecule has 0 radical (unpaired) electrons. The molecule has 7 heteroatoms. The highest BCUT2D eigenvalue weighted by Gasteiger charge is 2.32. The molecule has 0 spiro atoms. The van der Waals surface area contributed by atoms with Gasteiger partial charge in [0.2, 0.25) is 10.0 Å². The Balaban J connectivity index is 1.73. The molecule has 2 aromatic carbocycles. The lowest BCUT2D eigenvalue weighted by Crippen LogP contribution is -2.49. The molecule has 0 N–H and O–H groups in total. The maximum Gasteiger partial charge on any atom is 0.243 e. The Morgan fingerprint density at radius 1 is 1.04 bits per heavy atom. The molecule has 1 aliphatic heterocycles. The fraction of sp³-hybridized carbons (Fsp3) is 0.316. The van der Waals surface area contributed by atoms with Crippen molar-refractivity contribution in [2.24, 2.45) is 0 Å². The number of rotatable bonds is 4. The number of aryl methyl sites for hydroxylation is 1. The van der Waals surface area contributed by atoms with Gasteiger partial charge in [-0.1, -0.05) is 47.5 Å². The van der Waals surface area contributed by atoms with Crippen molar-refractivity contribution in [3.63, 3.8) is 0 Å².